The van der Waals surface area contributed by atoms with E-state index in [2.05, 4.69) is 11.2 Å². The highest BCUT2D eigenvalue weighted by Crippen LogP contribution is 2.05. The summed E-state index contributed by atoms with van der Waals surface area (Å²) in [5.74, 6) is 1.43. The number of carbonyl (C=O) groups is 2. The first-order valence-corrected chi connectivity index (χ1v) is 5.46. The molecule has 6 nitrogen and oxygen atoms in total. The number of terminal acetylenes is 1. The van der Waals surface area contributed by atoms with Crippen LogP contribution in [0.5, 0.6) is 0 Å². The Morgan fingerprint density at radius 3 is 3.00 bits per heavy atom. The summed E-state index contributed by atoms with van der Waals surface area (Å²) in [6.07, 6.45) is 5.48. The molecule has 0 aromatic carbocycles. The third-order valence-electron chi connectivity index (χ3n) is 2.40. The summed E-state index contributed by atoms with van der Waals surface area (Å²) >= 11 is 0. The number of hydrogen-bond acceptors (Lipinski definition) is 3. The number of urea groups is 1. The van der Waals surface area contributed by atoms with E-state index in [1.54, 1.807) is 0 Å². The predicted octanol–water partition coefficient (Wildman–Crippen LogP) is -0.105. The highest BCUT2D eigenvalue weighted by Gasteiger charge is 2.28. The van der Waals surface area contributed by atoms with Crippen molar-refractivity contribution in [1.29, 1.82) is 0 Å². The van der Waals surface area contributed by atoms with Gasteiger partial charge >= 0.3 is 12.0 Å². The Balaban J connectivity index is 2.31. The Kier molecular flexibility index (Phi) is 5.30. The third kappa shape index (κ3) is 4.33. The largest absolute Gasteiger partial charge is 0.479 e. The number of carbonyl (C=O) groups excluding carboxylic acids is 1. The molecule has 2 amide bonds. The third-order valence-corrected chi connectivity index (χ3v) is 2.40. The van der Waals surface area contributed by atoms with Crippen LogP contribution in [0.25, 0.3) is 0 Å². The first-order valence-electron chi connectivity index (χ1n) is 5.46. The van der Waals surface area contributed by atoms with E-state index >= 15 is 0 Å². The average molecular weight is 240 g/mol. The minimum absolute atomic E-state index is 0.0797. The van der Waals surface area contributed by atoms with Crippen LogP contribution in [0.15, 0.2) is 0 Å². The molecule has 6 heteroatoms. The van der Waals surface area contributed by atoms with Gasteiger partial charge in [-0.2, -0.15) is 0 Å². The molecular formula is C11H16N2O4. The zero-order chi connectivity index (χ0) is 12.7. The van der Waals surface area contributed by atoms with Crippen LogP contribution >= 0.6 is 0 Å². The van der Waals surface area contributed by atoms with Crippen molar-refractivity contribution in [2.75, 3.05) is 26.2 Å². The number of ether oxygens (including phenoxy) is 1. The fraction of sp³-hybridized carbons (Fsp3) is 0.636. The Hall–Kier alpha value is -1.74. The van der Waals surface area contributed by atoms with Crippen LogP contribution in [0.4, 0.5) is 4.79 Å². The topological polar surface area (TPSA) is 78.9 Å². The summed E-state index contributed by atoms with van der Waals surface area (Å²) in [6.45, 7) is 1.23. The maximum atomic E-state index is 11.6. The summed E-state index contributed by atoms with van der Waals surface area (Å²) in [6, 6.07) is -0.267. The lowest BCUT2D eigenvalue weighted by Gasteiger charge is -2.30. The monoisotopic (exact) mass is 240 g/mol. The van der Waals surface area contributed by atoms with Crippen molar-refractivity contribution in [3.05, 3.63) is 0 Å². The van der Waals surface area contributed by atoms with E-state index in [4.69, 9.17) is 16.3 Å². The van der Waals surface area contributed by atoms with Crippen LogP contribution in [-0.4, -0.2) is 54.4 Å². The van der Waals surface area contributed by atoms with Crippen molar-refractivity contribution in [2.45, 2.75) is 18.9 Å². The molecule has 1 aliphatic rings. The Morgan fingerprint density at radius 1 is 1.59 bits per heavy atom. The second-order valence-electron chi connectivity index (χ2n) is 3.68. The first kappa shape index (κ1) is 13.3. The molecule has 0 aliphatic carbocycles. The highest BCUT2D eigenvalue weighted by atomic mass is 16.5. The van der Waals surface area contributed by atoms with Gasteiger partial charge in [0, 0.05) is 19.5 Å². The molecule has 0 aromatic rings. The lowest BCUT2D eigenvalue weighted by molar-refractivity contribution is -0.154. The van der Waals surface area contributed by atoms with Gasteiger partial charge in [-0.25, -0.2) is 9.59 Å². The minimum Gasteiger partial charge on any atom is -0.479 e. The van der Waals surface area contributed by atoms with E-state index in [0.717, 1.165) is 6.42 Å². The molecule has 1 fully saturated rings. The molecule has 0 spiro atoms. The lowest BCUT2D eigenvalue weighted by atomic mass is 10.3. The van der Waals surface area contributed by atoms with Crippen LogP contribution in [0.2, 0.25) is 0 Å². The molecule has 94 valence electrons. The summed E-state index contributed by atoms with van der Waals surface area (Å²) < 4.78 is 5.02. The average Bonchev–Trinajstić information content (AvgIpc) is 2.34. The van der Waals surface area contributed by atoms with Gasteiger partial charge in [0.15, 0.2) is 6.10 Å². The lowest BCUT2D eigenvalue weighted by Crippen LogP contribution is -2.51. The number of unbranched alkanes of at least 4 members (excludes halogenated alkanes) is 1. The quantitative estimate of drug-likeness (QED) is 0.531. The highest BCUT2D eigenvalue weighted by molar-refractivity contribution is 5.77. The van der Waals surface area contributed by atoms with Gasteiger partial charge in [-0.3, -0.25) is 0 Å². The van der Waals surface area contributed by atoms with E-state index in [1.807, 2.05) is 0 Å². The molecular weight excluding hydrogens is 224 g/mol. The van der Waals surface area contributed by atoms with E-state index in [9.17, 15) is 9.59 Å². The number of carboxylic acids is 1. The van der Waals surface area contributed by atoms with Gasteiger partial charge in [-0.05, 0) is 6.42 Å². The first-order chi connectivity index (χ1) is 8.15. The number of hydrogen-bond donors (Lipinski definition) is 2. The van der Waals surface area contributed by atoms with Gasteiger partial charge in [-0.1, -0.05) is 0 Å². The zero-order valence-corrected chi connectivity index (χ0v) is 9.52. The Morgan fingerprint density at radius 2 is 2.35 bits per heavy atom. The van der Waals surface area contributed by atoms with Gasteiger partial charge in [0.05, 0.1) is 13.2 Å². The number of nitrogens with zero attached hydrogens (tertiary/aromatic N) is 1. The van der Waals surface area contributed by atoms with E-state index < -0.39 is 12.1 Å². The van der Waals surface area contributed by atoms with E-state index in [-0.39, 0.29) is 19.2 Å². The Bertz CT molecular complexity index is 324. The number of aliphatic carboxylic acids is 1. The number of morpholine rings is 1. The number of nitrogens with one attached hydrogen (secondary N) is 1. The van der Waals surface area contributed by atoms with E-state index in [0.29, 0.717) is 19.5 Å². The number of rotatable bonds is 4. The van der Waals surface area contributed by atoms with E-state index in [1.165, 1.54) is 4.90 Å². The maximum Gasteiger partial charge on any atom is 0.334 e. The molecule has 0 aromatic heterocycles. The standard InChI is InChI=1S/C11H16N2O4/c1-2-3-4-5-12-11(16)13-6-7-17-9(8-13)10(14)15/h1,9H,3-8H2,(H,12,16)(H,14,15). The van der Waals surface area contributed by atoms with Crippen molar-refractivity contribution in [3.8, 4) is 12.3 Å². The summed E-state index contributed by atoms with van der Waals surface area (Å²) in [4.78, 5) is 23.8. The Labute approximate surface area is 99.9 Å². The predicted molar refractivity (Wildman–Crippen MR) is 60.4 cm³/mol. The molecule has 2 N–H and O–H groups in total. The van der Waals surface area contributed by atoms with Crippen LogP contribution in [0.3, 0.4) is 0 Å². The van der Waals surface area contributed by atoms with Gasteiger partial charge in [0.1, 0.15) is 0 Å². The summed E-state index contributed by atoms with van der Waals surface area (Å²) in [5, 5.41) is 11.5. The van der Waals surface area contributed by atoms with Crippen LogP contribution in [0, 0.1) is 12.3 Å². The fourth-order valence-electron chi connectivity index (χ4n) is 1.48. The molecule has 1 saturated heterocycles. The van der Waals surface area contributed by atoms with Crippen molar-refractivity contribution in [1.82, 2.24) is 10.2 Å². The van der Waals surface area contributed by atoms with Crippen LogP contribution in [-0.2, 0) is 9.53 Å². The van der Waals surface area contributed by atoms with Gasteiger partial charge < -0.3 is 20.1 Å². The SMILES string of the molecule is C#CCCCNC(=O)N1CCOC(C(=O)O)C1. The summed E-state index contributed by atoms with van der Waals surface area (Å²) in [5.41, 5.74) is 0. The molecule has 0 saturated carbocycles. The molecule has 1 heterocycles. The van der Waals surface area contributed by atoms with Crippen molar-refractivity contribution in [2.24, 2.45) is 0 Å². The molecule has 0 bridgehead atoms. The smallest absolute Gasteiger partial charge is 0.334 e. The molecule has 1 rings (SSSR count). The van der Waals surface area contributed by atoms with Gasteiger partial charge in [0.2, 0.25) is 0 Å². The second kappa shape index (κ2) is 6.76. The van der Waals surface area contributed by atoms with Crippen molar-refractivity contribution in [3.63, 3.8) is 0 Å². The molecule has 1 atom stereocenters. The minimum atomic E-state index is -1.05. The maximum absolute atomic E-state index is 11.6. The number of amides is 2. The zero-order valence-electron chi connectivity index (χ0n) is 9.52. The van der Waals surface area contributed by atoms with Crippen molar-refractivity contribution >= 4 is 12.0 Å². The molecule has 1 unspecified atom stereocenters. The van der Waals surface area contributed by atoms with Gasteiger partial charge in [-0.15, -0.1) is 12.3 Å². The van der Waals surface area contributed by atoms with Crippen molar-refractivity contribution < 1.29 is 19.4 Å². The number of carboxylic acid groups (broad SMARTS) is 1. The normalized spacial score (nSPS) is 19.5. The molecule has 1 aliphatic heterocycles. The molecule has 17 heavy (non-hydrogen) atoms. The summed E-state index contributed by atoms with van der Waals surface area (Å²) in [7, 11) is 0. The second-order valence-corrected chi connectivity index (χ2v) is 3.68. The van der Waals surface area contributed by atoms with Crippen LogP contribution < -0.4 is 5.32 Å². The fourth-order valence-corrected chi connectivity index (χ4v) is 1.48. The molecule has 0 radical (unpaired) electrons. The van der Waals surface area contributed by atoms with Gasteiger partial charge in [0.25, 0.3) is 0 Å². The van der Waals surface area contributed by atoms with Crippen LogP contribution in [0.1, 0.15) is 12.8 Å².